The van der Waals surface area contributed by atoms with Gasteiger partial charge in [0.25, 0.3) is 10.1 Å². The van der Waals surface area contributed by atoms with Crippen LogP contribution in [0, 0.1) is 0 Å². The molecule has 0 aromatic heterocycles. The number of rotatable bonds is 4. The van der Waals surface area contributed by atoms with Crippen LogP contribution in [-0.2, 0) is 10.1 Å². The Morgan fingerprint density at radius 1 is 1.47 bits per heavy atom. The summed E-state index contributed by atoms with van der Waals surface area (Å²) in [4.78, 5) is -0.300. The lowest BCUT2D eigenvalue weighted by Crippen LogP contribution is -2.04. The van der Waals surface area contributed by atoms with Gasteiger partial charge >= 0.3 is 0 Å². The normalized spacial score (nSPS) is 11.3. The van der Waals surface area contributed by atoms with E-state index in [1.54, 1.807) is 0 Å². The third-order valence-electron chi connectivity index (χ3n) is 1.73. The molecule has 0 heterocycles. The van der Waals surface area contributed by atoms with E-state index >= 15 is 0 Å². The average molecular weight is 231 g/mol. The van der Waals surface area contributed by atoms with Crippen molar-refractivity contribution in [2.45, 2.75) is 18.2 Å². The van der Waals surface area contributed by atoms with E-state index in [4.69, 9.17) is 15.0 Å². The minimum absolute atomic E-state index is 0.0221. The molecule has 1 aromatic carbocycles. The Morgan fingerprint density at radius 3 is 2.60 bits per heavy atom. The molecule has 84 valence electrons. The van der Waals surface area contributed by atoms with E-state index in [0.717, 1.165) is 6.42 Å². The van der Waals surface area contributed by atoms with Crippen molar-refractivity contribution in [1.82, 2.24) is 0 Å². The van der Waals surface area contributed by atoms with Crippen molar-refractivity contribution in [3.8, 4) is 5.75 Å². The Morgan fingerprint density at radius 2 is 2.13 bits per heavy atom. The molecular weight excluding hydrogens is 218 g/mol. The molecule has 0 aliphatic carbocycles. The molecule has 0 bridgehead atoms. The maximum Gasteiger partial charge on any atom is 0.296 e. The molecule has 1 rings (SSSR count). The van der Waals surface area contributed by atoms with Gasteiger partial charge in [-0.15, -0.1) is 0 Å². The number of nitrogen functional groups attached to an aromatic ring is 1. The van der Waals surface area contributed by atoms with Gasteiger partial charge in [0.2, 0.25) is 0 Å². The quantitative estimate of drug-likeness (QED) is 0.602. The molecule has 0 aliphatic rings. The van der Waals surface area contributed by atoms with E-state index < -0.39 is 10.1 Å². The lowest BCUT2D eigenvalue weighted by atomic mass is 10.3. The van der Waals surface area contributed by atoms with Crippen LogP contribution < -0.4 is 10.5 Å². The highest BCUT2D eigenvalue weighted by Gasteiger charge is 2.13. The molecule has 0 amide bonds. The number of hydrogen-bond acceptors (Lipinski definition) is 4. The third-order valence-corrected chi connectivity index (χ3v) is 2.66. The molecule has 1 aromatic rings. The zero-order valence-electron chi connectivity index (χ0n) is 8.30. The van der Waals surface area contributed by atoms with Gasteiger partial charge in [0, 0.05) is 6.07 Å². The first-order valence-corrected chi connectivity index (χ1v) is 5.89. The highest BCUT2D eigenvalue weighted by atomic mass is 32.2. The van der Waals surface area contributed by atoms with Gasteiger partial charge in [0.05, 0.1) is 12.3 Å². The molecule has 0 spiro atoms. The first kappa shape index (κ1) is 11.8. The fourth-order valence-electron chi connectivity index (χ4n) is 1.07. The first-order valence-electron chi connectivity index (χ1n) is 4.45. The van der Waals surface area contributed by atoms with Gasteiger partial charge in [-0.1, -0.05) is 6.92 Å². The van der Waals surface area contributed by atoms with Crippen LogP contribution in [0.15, 0.2) is 23.1 Å². The Labute approximate surface area is 88.6 Å². The summed E-state index contributed by atoms with van der Waals surface area (Å²) in [7, 11) is -4.25. The summed E-state index contributed by atoms with van der Waals surface area (Å²) in [6.07, 6.45) is 0.847. The van der Waals surface area contributed by atoms with Crippen LogP contribution in [0.4, 0.5) is 5.69 Å². The van der Waals surface area contributed by atoms with Gasteiger partial charge < -0.3 is 10.5 Å². The molecule has 0 radical (unpaired) electrons. The van der Waals surface area contributed by atoms with E-state index in [1.807, 2.05) is 6.92 Å². The maximum atomic E-state index is 10.8. The molecular formula is C9H13NO4S. The second kappa shape index (κ2) is 4.50. The molecule has 0 aliphatic heterocycles. The van der Waals surface area contributed by atoms with Gasteiger partial charge in [-0.25, -0.2) is 0 Å². The van der Waals surface area contributed by atoms with Crippen molar-refractivity contribution in [1.29, 1.82) is 0 Å². The minimum Gasteiger partial charge on any atom is -0.494 e. The zero-order valence-corrected chi connectivity index (χ0v) is 9.12. The minimum atomic E-state index is -4.25. The highest BCUT2D eigenvalue weighted by Crippen LogP contribution is 2.23. The lowest BCUT2D eigenvalue weighted by molar-refractivity contribution is 0.317. The molecule has 0 unspecified atom stereocenters. The van der Waals surface area contributed by atoms with Crippen LogP contribution in [0.2, 0.25) is 0 Å². The van der Waals surface area contributed by atoms with E-state index in [-0.39, 0.29) is 10.6 Å². The average Bonchev–Trinajstić information content (AvgIpc) is 2.12. The van der Waals surface area contributed by atoms with Gasteiger partial charge in [-0.3, -0.25) is 4.55 Å². The zero-order chi connectivity index (χ0) is 11.5. The molecule has 0 saturated carbocycles. The van der Waals surface area contributed by atoms with Gasteiger partial charge in [-0.2, -0.15) is 8.42 Å². The third kappa shape index (κ3) is 3.10. The van der Waals surface area contributed by atoms with Crippen LogP contribution in [0.25, 0.3) is 0 Å². The Balaban J connectivity index is 2.99. The summed E-state index contributed by atoms with van der Waals surface area (Å²) >= 11 is 0. The largest absolute Gasteiger partial charge is 0.494 e. The summed E-state index contributed by atoms with van der Waals surface area (Å²) in [6.45, 7) is 2.49. The van der Waals surface area contributed by atoms with Crippen molar-refractivity contribution >= 4 is 15.8 Å². The Kier molecular flexibility index (Phi) is 3.54. The van der Waals surface area contributed by atoms with E-state index in [0.29, 0.717) is 12.4 Å². The van der Waals surface area contributed by atoms with Crippen molar-refractivity contribution in [2.24, 2.45) is 0 Å². The Bertz CT molecular complexity index is 441. The number of ether oxygens (including phenoxy) is 1. The van der Waals surface area contributed by atoms with E-state index in [2.05, 4.69) is 0 Å². The van der Waals surface area contributed by atoms with Crippen molar-refractivity contribution in [2.75, 3.05) is 12.3 Å². The number of hydrogen-bond donors (Lipinski definition) is 2. The van der Waals surface area contributed by atoms with Crippen LogP contribution in [0.3, 0.4) is 0 Å². The second-order valence-electron chi connectivity index (χ2n) is 3.02. The van der Waals surface area contributed by atoms with Crippen LogP contribution in [0.5, 0.6) is 5.75 Å². The van der Waals surface area contributed by atoms with Crippen molar-refractivity contribution in [3.05, 3.63) is 18.2 Å². The molecule has 0 saturated heterocycles. The van der Waals surface area contributed by atoms with Gasteiger partial charge in [-0.05, 0) is 18.6 Å². The lowest BCUT2D eigenvalue weighted by Gasteiger charge is -2.07. The number of nitrogens with two attached hydrogens (primary N) is 1. The molecule has 0 atom stereocenters. The molecule has 5 nitrogen and oxygen atoms in total. The fourth-order valence-corrected chi connectivity index (χ4v) is 1.67. The Hall–Kier alpha value is -1.27. The van der Waals surface area contributed by atoms with Gasteiger partial charge in [0.15, 0.2) is 0 Å². The summed E-state index contributed by atoms with van der Waals surface area (Å²) in [6, 6.07) is 4.05. The highest BCUT2D eigenvalue weighted by molar-refractivity contribution is 7.86. The van der Waals surface area contributed by atoms with Crippen LogP contribution >= 0.6 is 0 Å². The smallest absolute Gasteiger partial charge is 0.296 e. The SMILES string of the molecule is CCCOc1ccc(S(=O)(=O)O)c(N)c1. The molecule has 0 fully saturated rings. The molecule has 6 heteroatoms. The van der Waals surface area contributed by atoms with Crippen LogP contribution in [-0.4, -0.2) is 19.6 Å². The summed E-state index contributed by atoms with van der Waals surface area (Å²) in [5, 5.41) is 0. The summed E-state index contributed by atoms with van der Waals surface area (Å²) < 4.78 is 35.7. The molecule has 3 N–H and O–H groups in total. The predicted octanol–water partition coefficient (Wildman–Crippen LogP) is 1.30. The monoisotopic (exact) mass is 231 g/mol. The van der Waals surface area contributed by atoms with Crippen molar-refractivity contribution < 1.29 is 17.7 Å². The number of anilines is 1. The second-order valence-corrected chi connectivity index (χ2v) is 4.41. The standard InChI is InChI=1S/C9H13NO4S/c1-2-5-14-7-3-4-9(8(10)6-7)15(11,12)13/h3-4,6H,2,5,10H2,1H3,(H,11,12,13). The number of benzene rings is 1. The van der Waals surface area contributed by atoms with Crippen molar-refractivity contribution in [3.63, 3.8) is 0 Å². The topological polar surface area (TPSA) is 89.6 Å². The first-order chi connectivity index (χ1) is 6.95. The summed E-state index contributed by atoms with van der Waals surface area (Å²) in [5.41, 5.74) is 5.44. The molecule has 15 heavy (non-hydrogen) atoms. The van der Waals surface area contributed by atoms with E-state index in [1.165, 1.54) is 18.2 Å². The van der Waals surface area contributed by atoms with Crippen LogP contribution in [0.1, 0.15) is 13.3 Å². The van der Waals surface area contributed by atoms with E-state index in [9.17, 15) is 8.42 Å². The fraction of sp³-hybridized carbons (Fsp3) is 0.333. The predicted molar refractivity (Wildman–Crippen MR) is 56.5 cm³/mol. The summed E-state index contributed by atoms with van der Waals surface area (Å²) in [5.74, 6) is 0.488. The van der Waals surface area contributed by atoms with Gasteiger partial charge in [0.1, 0.15) is 10.6 Å². The maximum absolute atomic E-state index is 10.8.